The maximum Gasteiger partial charge on any atom is 0.295 e. The van der Waals surface area contributed by atoms with Crippen molar-refractivity contribution in [1.82, 2.24) is 9.97 Å². The molecule has 4 rings (SSSR count). The number of carbonyl (C=O) groups is 1. The summed E-state index contributed by atoms with van der Waals surface area (Å²) < 4.78 is 0. The highest BCUT2D eigenvalue weighted by atomic mass is 35.5. The third-order valence-corrected chi connectivity index (χ3v) is 4.59. The van der Waals surface area contributed by atoms with Crippen LogP contribution >= 0.6 is 11.6 Å². The first kappa shape index (κ1) is 15.8. The van der Waals surface area contributed by atoms with Crippen molar-refractivity contribution < 1.29 is 9.90 Å². The molecular weight excluding hydrogens is 340 g/mol. The Kier molecular flexibility index (Phi) is 3.97. The van der Waals surface area contributed by atoms with Gasteiger partial charge in [-0.3, -0.25) is 4.79 Å². The minimum Gasteiger partial charge on any atom is -0.493 e. The predicted molar refractivity (Wildman–Crippen MR) is 94.7 cm³/mol. The second-order valence-corrected chi connectivity index (χ2v) is 6.39. The lowest BCUT2D eigenvalue weighted by Gasteiger charge is -2.17. The van der Waals surface area contributed by atoms with Crippen molar-refractivity contribution in [2.75, 3.05) is 0 Å². The first-order valence-corrected chi connectivity index (χ1v) is 8.45. The number of nitrogens with one attached hydrogen (secondary N) is 1. The van der Waals surface area contributed by atoms with Gasteiger partial charge in [-0.1, -0.05) is 29.8 Å². The fourth-order valence-corrected chi connectivity index (χ4v) is 3.44. The fourth-order valence-electron chi connectivity index (χ4n) is 3.22. The van der Waals surface area contributed by atoms with Crippen LogP contribution in [0.2, 0.25) is 5.15 Å². The zero-order valence-electron chi connectivity index (χ0n) is 13.3. The summed E-state index contributed by atoms with van der Waals surface area (Å²) in [5.41, 5.74) is 3.19. The minimum absolute atomic E-state index is 0.118. The van der Waals surface area contributed by atoms with Crippen LogP contribution in [0.15, 0.2) is 40.6 Å². The number of pyridine rings is 1. The van der Waals surface area contributed by atoms with Crippen LogP contribution in [0.3, 0.4) is 0 Å². The average molecular weight is 355 g/mol. The molecule has 1 amide bonds. The van der Waals surface area contributed by atoms with Gasteiger partial charge < -0.3 is 10.1 Å². The topological polar surface area (TPSA) is 90.7 Å². The van der Waals surface area contributed by atoms with E-state index in [1.165, 1.54) is 0 Å². The second-order valence-electron chi connectivity index (χ2n) is 6.00. The van der Waals surface area contributed by atoms with Crippen LogP contribution in [-0.2, 0) is 12.8 Å². The minimum atomic E-state index is -0.480. The SMILES string of the molecule is O=C(N=Nc1c(O)[nH]c2ccccc12)c1cc(Cl)nc2c1CCCC2. The first-order valence-electron chi connectivity index (χ1n) is 8.07. The number of halogens is 1. The van der Waals surface area contributed by atoms with Crippen molar-refractivity contribution in [3.8, 4) is 5.88 Å². The monoisotopic (exact) mass is 354 g/mol. The number of benzene rings is 1. The Morgan fingerprint density at radius 3 is 2.92 bits per heavy atom. The van der Waals surface area contributed by atoms with Crippen molar-refractivity contribution in [3.63, 3.8) is 0 Å². The molecule has 1 aliphatic carbocycles. The van der Waals surface area contributed by atoms with Crippen molar-refractivity contribution in [2.45, 2.75) is 25.7 Å². The third kappa shape index (κ3) is 2.89. The summed E-state index contributed by atoms with van der Waals surface area (Å²) in [6.07, 6.45) is 3.65. The van der Waals surface area contributed by atoms with Gasteiger partial charge in [-0.2, -0.15) is 0 Å². The van der Waals surface area contributed by atoms with Crippen molar-refractivity contribution in [3.05, 3.63) is 52.3 Å². The number of hydrogen-bond acceptors (Lipinski definition) is 4. The van der Waals surface area contributed by atoms with Gasteiger partial charge >= 0.3 is 0 Å². The lowest BCUT2D eigenvalue weighted by Crippen LogP contribution is -2.11. The Morgan fingerprint density at radius 2 is 2.04 bits per heavy atom. The molecule has 1 aromatic carbocycles. The van der Waals surface area contributed by atoms with Crippen molar-refractivity contribution in [2.24, 2.45) is 10.2 Å². The van der Waals surface area contributed by atoms with Crippen LogP contribution < -0.4 is 0 Å². The molecule has 2 aromatic heterocycles. The number of amides is 1. The van der Waals surface area contributed by atoms with Crippen molar-refractivity contribution in [1.29, 1.82) is 0 Å². The Hall–Kier alpha value is -2.73. The van der Waals surface area contributed by atoms with Gasteiger partial charge in [0.2, 0.25) is 5.88 Å². The summed E-state index contributed by atoms with van der Waals surface area (Å²) in [7, 11) is 0. The Bertz CT molecular complexity index is 1010. The maximum atomic E-state index is 12.6. The summed E-state index contributed by atoms with van der Waals surface area (Å²) >= 11 is 6.05. The van der Waals surface area contributed by atoms with E-state index in [9.17, 15) is 9.90 Å². The summed E-state index contributed by atoms with van der Waals surface area (Å²) in [6.45, 7) is 0. The number of carbonyl (C=O) groups excluding carboxylic acids is 1. The number of rotatable bonds is 2. The Balaban J connectivity index is 1.72. The number of para-hydroxylation sites is 1. The fraction of sp³-hybridized carbons (Fsp3) is 0.222. The number of H-pyrrole nitrogens is 1. The smallest absolute Gasteiger partial charge is 0.295 e. The summed E-state index contributed by atoms with van der Waals surface area (Å²) in [6, 6.07) is 8.83. The molecule has 0 bridgehead atoms. The predicted octanol–water partition coefficient (Wildman–Crippen LogP) is 4.72. The highest BCUT2D eigenvalue weighted by Gasteiger charge is 2.20. The van der Waals surface area contributed by atoms with Gasteiger partial charge in [0.25, 0.3) is 5.91 Å². The van der Waals surface area contributed by atoms with E-state index in [1.807, 2.05) is 18.2 Å². The van der Waals surface area contributed by atoms with E-state index >= 15 is 0 Å². The standard InChI is InChI=1S/C18H15ClN4O2/c19-15-9-12(10-5-1-3-7-13(10)20-15)17(24)23-22-16-11-6-2-4-8-14(11)21-18(16)25/h2,4,6,8-9,21,25H,1,3,5,7H2. The van der Waals surface area contributed by atoms with Gasteiger partial charge in [0.15, 0.2) is 5.69 Å². The van der Waals surface area contributed by atoms with E-state index in [1.54, 1.807) is 12.1 Å². The molecule has 25 heavy (non-hydrogen) atoms. The number of aryl methyl sites for hydroxylation is 1. The first-order chi connectivity index (χ1) is 12.1. The second kappa shape index (κ2) is 6.29. The molecule has 1 aliphatic rings. The number of hydrogen-bond donors (Lipinski definition) is 2. The largest absolute Gasteiger partial charge is 0.493 e. The molecule has 0 saturated heterocycles. The molecule has 0 unspecified atom stereocenters. The van der Waals surface area contributed by atoms with E-state index in [-0.39, 0.29) is 16.7 Å². The molecule has 3 aromatic rings. The van der Waals surface area contributed by atoms with E-state index in [0.29, 0.717) is 10.9 Å². The normalized spacial score (nSPS) is 14.1. The average Bonchev–Trinajstić information content (AvgIpc) is 2.94. The molecule has 0 saturated carbocycles. The van der Waals surface area contributed by atoms with Gasteiger partial charge in [-0.15, -0.1) is 10.2 Å². The molecule has 7 heteroatoms. The van der Waals surface area contributed by atoms with Gasteiger partial charge in [0.1, 0.15) is 5.15 Å². The van der Waals surface area contributed by atoms with Crippen LogP contribution in [0.1, 0.15) is 34.5 Å². The van der Waals surface area contributed by atoms with Gasteiger partial charge in [-0.25, -0.2) is 4.98 Å². The number of aromatic amines is 1. The van der Waals surface area contributed by atoms with Gasteiger partial charge in [0, 0.05) is 11.1 Å². The molecule has 6 nitrogen and oxygen atoms in total. The molecule has 2 N–H and O–H groups in total. The lowest BCUT2D eigenvalue weighted by atomic mass is 9.92. The molecule has 0 radical (unpaired) electrons. The molecule has 0 aliphatic heterocycles. The Labute approximate surface area is 148 Å². The highest BCUT2D eigenvalue weighted by molar-refractivity contribution is 6.29. The quantitative estimate of drug-likeness (QED) is 0.515. The zero-order valence-corrected chi connectivity index (χ0v) is 14.0. The van der Waals surface area contributed by atoms with Crippen molar-refractivity contribution >= 4 is 34.1 Å². The number of nitrogens with zero attached hydrogens (tertiary/aromatic N) is 3. The van der Waals surface area contributed by atoms with Crippen LogP contribution in [-0.4, -0.2) is 21.0 Å². The van der Waals surface area contributed by atoms with Crippen LogP contribution in [0.4, 0.5) is 5.69 Å². The molecule has 0 spiro atoms. The third-order valence-electron chi connectivity index (χ3n) is 4.40. The molecule has 126 valence electrons. The highest BCUT2D eigenvalue weighted by Crippen LogP contribution is 2.35. The van der Waals surface area contributed by atoms with Crippen LogP contribution in [0.25, 0.3) is 10.9 Å². The van der Waals surface area contributed by atoms with E-state index in [0.717, 1.165) is 42.5 Å². The molecule has 0 atom stereocenters. The lowest BCUT2D eigenvalue weighted by molar-refractivity contribution is 0.0993. The van der Waals surface area contributed by atoms with E-state index in [4.69, 9.17) is 11.6 Å². The zero-order chi connectivity index (χ0) is 17.4. The van der Waals surface area contributed by atoms with E-state index in [2.05, 4.69) is 20.2 Å². The molecule has 2 heterocycles. The number of fused-ring (bicyclic) bond motifs is 2. The van der Waals surface area contributed by atoms with Crippen LogP contribution in [0.5, 0.6) is 5.88 Å². The maximum absolute atomic E-state index is 12.6. The van der Waals surface area contributed by atoms with E-state index < -0.39 is 5.91 Å². The number of aromatic nitrogens is 2. The van der Waals surface area contributed by atoms with Gasteiger partial charge in [0.05, 0.1) is 11.1 Å². The number of aromatic hydroxyl groups is 1. The summed E-state index contributed by atoms with van der Waals surface area (Å²) in [5, 5.41) is 18.8. The van der Waals surface area contributed by atoms with Crippen LogP contribution in [0, 0.1) is 0 Å². The summed E-state index contributed by atoms with van der Waals surface area (Å²) in [5.74, 6) is -0.598. The number of azo groups is 1. The molecular formula is C18H15ClN4O2. The Morgan fingerprint density at radius 1 is 1.24 bits per heavy atom. The summed E-state index contributed by atoms with van der Waals surface area (Å²) in [4.78, 5) is 19.7. The molecule has 0 fully saturated rings. The van der Waals surface area contributed by atoms with Gasteiger partial charge in [-0.05, 0) is 43.4 Å².